The topological polar surface area (TPSA) is 85.3 Å². The van der Waals surface area contributed by atoms with Crippen LogP contribution in [0.5, 0.6) is 0 Å². The van der Waals surface area contributed by atoms with Crippen LogP contribution in [0.15, 0.2) is 93.8 Å². The Kier molecular flexibility index (Phi) is 7.25. The summed E-state index contributed by atoms with van der Waals surface area (Å²) in [6, 6.07) is 21.6. The fourth-order valence-electron chi connectivity index (χ4n) is 5.76. The van der Waals surface area contributed by atoms with E-state index in [9.17, 15) is 10.1 Å². The number of aromatic nitrogens is 1. The molecule has 1 aromatic heterocycles. The molecule has 40 heavy (non-hydrogen) atoms. The zero-order valence-electron chi connectivity index (χ0n) is 22.5. The molecule has 0 N–H and O–H groups in total. The number of nitrogens with zero attached hydrogens (tertiary/aromatic N) is 5. The highest BCUT2D eigenvalue weighted by atomic mass is 16.6. The number of aryl methyl sites for hydroxylation is 1. The molecule has 0 atom stereocenters. The van der Waals surface area contributed by atoms with Crippen LogP contribution < -0.4 is 0 Å². The van der Waals surface area contributed by atoms with Gasteiger partial charge in [0, 0.05) is 59.3 Å². The zero-order valence-corrected chi connectivity index (χ0v) is 22.5. The van der Waals surface area contributed by atoms with Gasteiger partial charge in [0.05, 0.1) is 30.6 Å². The largest absolute Gasteiger partial charge is 0.378 e. The number of benzene rings is 3. The first-order valence-corrected chi connectivity index (χ1v) is 13.7. The third-order valence-electron chi connectivity index (χ3n) is 7.64. The Morgan fingerprint density at radius 2 is 1.62 bits per heavy atom. The zero-order chi connectivity index (χ0) is 27.5. The van der Waals surface area contributed by atoms with Crippen molar-refractivity contribution < 1.29 is 9.66 Å². The van der Waals surface area contributed by atoms with E-state index in [1.807, 2.05) is 12.4 Å². The lowest BCUT2D eigenvalue weighted by atomic mass is 10.1. The van der Waals surface area contributed by atoms with Gasteiger partial charge in [-0.3, -0.25) is 10.1 Å². The maximum atomic E-state index is 11.0. The van der Waals surface area contributed by atoms with Crippen LogP contribution in [0.2, 0.25) is 0 Å². The molecule has 1 fully saturated rings. The second-order valence-electron chi connectivity index (χ2n) is 10.0. The van der Waals surface area contributed by atoms with E-state index in [-0.39, 0.29) is 10.6 Å². The van der Waals surface area contributed by atoms with Crippen molar-refractivity contribution in [3.8, 4) is 0 Å². The summed E-state index contributed by atoms with van der Waals surface area (Å²) < 4.78 is 7.93. The van der Waals surface area contributed by atoms with Gasteiger partial charge in [-0.1, -0.05) is 24.3 Å². The van der Waals surface area contributed by atoms with Gasteiger partial charge in [0.2, 0.25) is 0 Å². The minimum absolute atomic E-state index is 0.0958. The molecule has 0 saturated carbocycles. The number of nitro groups is 1. The summed E-state index contributed by atoms with van der Waals surface area (Å²) in [5, 5.41) is 22.4. The molecule has 8 nitrogen and oxygen atoms in total. The minimum atomic E-state index is -0.373. The molecular weight excluding hydrogens is 502 g/mol. The summed E-state index contributed by atoms with van der Waals surface area (Å²) in [7, 11) is 0. The molecule has 0 bridgehead atoms. The standard InChI is InChI=1S/C32H31N5O3/c1-2-36-30-6-4-3-5-28(30)29-20-24(9-14-31(29)36)21-33-34-22-26-11-10-25(32(26)35-15-17-40-18-16-35)19-23-7-12-27(13-8-23)37(38)39/h3-9,12-14,19-22H,2,10-11,15-18H2,1H3. The van der Waals surface area contributed by atoms with Crippen LogP contribution in [0, 0.1) is 10.1 Å². The van der Waals surface area contributed by atoms with E-state index in [2.05, 4.69) is 75.1 Å². The average molecular weight is 534 g/mol. The lowest BCUT2D eigenvalue weighted by Gasteiger charge is -2.31. The van der Waals surface area contributed by atoms with Crippen molar-refractivity contribution >= 4 is 46.0 Å². The molecular formula is C32H31N5O3. The predicted molar refractivity (Wildman–Crippen MR) is 161 cm³/mol. The Hall–Kier alpha value is -4.56. The van der Waals surface area contributed by atoms with E-state index in [1.165, 1.54) is 33.1 Å². The number of rotatable bonds is 7. The van der Waals surface area contributed by atoms with E-state index in [1.54, 1.807) is 24.3 Å². The number of morpholine rings is 1. The number of fused-ring (bicyclic) bond motifs is 3. The molecule has 0 amide bonds. The quantitative estimate of drug-likeness (QED) is 0.152. The molecule has 0 spiro atoms. The molecule has 2 heterocycles. The van der Waals surface area contributed by atoms with Crippen molar-refractivity contribution in [2.24, 2.45) is 10.2 Å². The Morgan fingerprint density at radius 1 is 0.900 bits per heavy atom. The number of nitro benzene ring substituents is 1. The molecule has 3 aromatic carbocycles. The van der Waals surface area contributed by atoms with Gasteiger partial charge in [0.15, 0.2) is 0 Å². The molecule has 6 rings (SSSR count). The SMILES string of the molecule is CCn1c2ccccc2c2cc(C=NN=CC3=C(N4CCOCC4)C(=Cc4ccc([N+](=O)[O-])cc4)CC3)ccc21. The summed E-state index contributed by atoms with van der Waals surface area (Å²) >= 11 is 0. The highest BCUT2D eigenvalue weighted by Crippen LogP contribution is 2.35. The first kappa shape index (κ1) is 25.7. The minimum Gasteiger partial charge on any atom is -0.378 e. The normalized spacial score (nSPS) is 17.4. The van der Waals surface area contributed by atoms with Crippen LogP contribution >= 0.6 is 0 Å². The summed E-state index contributed by atoms with van der Waals surface area (Å²) in [6.07, 6.45) is 7.56. The predicted octanol–water partition coefficient (Wildman–Crippen LogP) is 6.59. The van der Waals surface area contributed by atoms with Gasteiger partial charge in [-0.05, 0) is 78.4 Å². The Balaban J connectivity index is 1.27. The van der Waals surface area contributed by atoms with Crippen LogP contribution in [0.4, 0.5) is 5.69 Å². The van der Waals surface area contributed by atoms with Gasteiger partial charge in [-0.15, -0.1) is 0 Å². The highest BCUT2D eigenvalue weighted by Gasteiger charge is 2.25. The second kappa shape index (κ2) is 11.3. The molecule has 8 heteroatoms. The van der Waals surface area contributed by atoms with Crippen LogP contribution in [0.1, 0.15) is 30.9 Å². The number of hydrogen-bond donors (Lipinski definition) is 0. The van der Waals surface area contributed by atoms with Crippen LogP contribution in [-0.4, -0.2) is 53.1 Å². The summed E-state index contributed by atoms with van der Waals surface area (Å²) in [5.74, 6) is 0. The second-order valence-corrected chi connectivity index (χ2v) is 10.0. The van der Waals surface area contributed by atoms with Crippen molar-refractivity contribution in [1.29, 1.82) is 0 Å². The average Bonchev–Trinajstić information content (AvgIpc) is 3.54. The third kappa shape index (κ3) is 5.05. The third-order valence-corrected chi connectivity index (χ3v) is 7.64. The summed E-state index contributed by atoms with van der Waals surface area (Å²) in [6.45, 7) is 6.10. The van der Waals surface area contributed by atoms with E-state index in [4.69, 9.17) is 4.74 Å². The van der Waals surface area contributed by atoms with Gasteiger partial charge in [-0.25, -0.2) is 0 Å². The first-order chi connectivity index (χ1) is 19.6. The van der Waals surface area contributed by atoms with Crippen LogP contribution in [0.3, 0.4) is 0 Å². The lowest BCUT2D eigenvalue weighted by Crippen LogP contribution is -2.36. The van der Waals surface area contributed by atoms with Gasteiger partial charge < -0.3 is 14.2 Å². The van der Waals surface area contributed by atoms with Gasteiger partial charge >= 0.3 is 0 Å². The first-order valence-electron chi connectivity index (χ1n) is 13.7. The van der Waals surface area contributed by atoms with Gasteiger partial charge in [0.1, 0.15) is 0 Å². The van der Waals surface area contributed by atoms with Crippen LogP contribution in [-0.2, 0) is 11.3 Å². The smallest absolute Gasteiger partial charge is 0.269 e. The van der Waals surface area contributed by atoms with Crippen molar-refractivity contribution in [3.63, 3.8) is 0 Å². The Bertz CT molecular complexity index is 1690. The fraction of sp³-hybridized carbons (Fsp3) is 0.250. The van der Waals surface area contributed by atoms with Gasteiger partial charge in [0.25, 0.3) is 5.69 Å². The summed E-state index contributed by atoms with van der Waals surface area (Å²) in [4.78, 5) is 13.0. The fourth-order valence-corrected chi connectivity index (χ4v) is 5.76. The molecule has 2 aliphatic rings. The van der Waals surface area contributed by atoms with E-state index in [0.29, 0.717) is 13.2 Å². The molecule has 1 aliphatic heterocycles. The lowest BCUT2D eigenvalue weighted by molar-refractivity contribution is -0.384. The van der Waals surface area contributed by atoms with Crippen molar-refractivity contribution in [2.45, 2.75) is 26.3 Å². The molecule has 4 aromatic rings. The summed E-state index contributed by atoms with van der Waals surface area (Å²) in [5.41, 5.74) is 8.05. The van der Waals surface area contributed by atoms with E-state index in [0.717, 1.165) is 49.2 Å². The van der Waals surface area contributed by atoms with Crippen molar-refractivity contribution in [2.75, 3.05) is 26.3 Å². The van der Waals surface area contributed by atoms with Crippen molar-refractivity contribution in [3.05, 3.63) is 105 Å². The molecule has 0 radical (unpaired) electrons. The molecule has 0 unspecified atom stereocenters. The highest BCUT2D eigenvalue weighted by molar-refractivity contribution is 6.09. The Labute approximate surface area is 232 Å². The van der Waals surface area contributed by atoms with Gasteiger partial charge in [-0.2, -0.15) is 10.2 Å². The monoisotopic (exact) mass is 533 g/mol. The number of hydrogen-bond acceptors (Lipinski definition) is 6. The van der Waals surface area contributed by atoms with E-state index >= 15 is 0 Å². The molecule has 202 valence electrons. The number of non-ortho nitro benzene ring substituents is 1. The van der Waals surface area contributed by atoms with Crippen LogP contribution in [0.25, 0.3) is 27.9 Å². The number of allylic oxidation sites excluding steroid dienone is 2. The maximum Gasteiger partial charge on any atom is 0.269 e. The number of para-hydroxylation sites is 1. The van der Waals surface area contributed by atoms with E-state index < -0.39 is 0 Å². The molecule has 1 saturated heterocycles. The Morgan fingerprint density at radius 3 is 2.40 bits per heavy atom. The number of ether oxygens (including phenoxy) is 1. The molecule has 1 aliphatic carbocycles. The van der Waals surface area contributed by atoms with Crippen molar-refractivity contribution in [1.82, 2.24) is 9.47 Å². The maximum absolute atomic E-state index is 11.0.